The maximum Gasteiger partial charge on any atom is 0.321 e. The van der Waals surface area contributed by atoms with Crippen molar-refractivity contribution in [2.75, 3.05) is 13.2 Å². The highest BCUT2D eigenvalue weighted by Crippen LogP contribution is 2.26. The van der Waals surface area contributed by atoms with Crippen LogP contribution in [0, 0.1) is 0 Å². The molecule has 19 heavy (non-hydrogen) atoms. The Kier molecular flexibility index (Phi) is 8.38. The molecular weight excluding hydrogens is 276 g/mol. The van der Waals surface area contributed by atoms with Crippen molar-refractivity contribution in [1.29, 1.82) is 0 Å². The summed E-state index contributed by atoms with van der Waals surface area (Å²) in [5.74, 6) is 1.09. The first-order valence-electron chi connectivity index (χ1n) is 7.09. The molecule has 1 aromatic carbocycles. The van der Waals surface area contributed by atoms with Crippen LogP contribution in [-0.4, -0.2) is 22.5 Å². The second-order valence-electron chi connectivity index (χ2n) is 4.65. The van der Waals surface area contributed by atoms with E-state index in [0.717, 1.165) is 25.7 Å². The average molecular weight is 301 g/mol. The summed E-state index contributed by atoms with van der Waals surface area (Å²) in [4.78, 5) is 0. The topological polar surface area (TPSA) is 18.5 Å². The van der Waals surface area contributed by atoms with Crippen LogP contribution < -0.4 is 0 Å². The lowest BCUT2D eigenvalue weighted by Crippen LogP contribution is -2.23. The second kappa shape index (κ2) is 9.53. The Morgan fingerprint density at radius 2 is 1.79 bits per heavy atom. The van der Waals surface area contributed by atoms with E-state index in [-0.39, 0.29) is 0 Å². The number of benzene rings is 1. The zero-order valence-electron chi connectivity index (χ0n) is 12.2. The summed E-state index contributed by atoms with van der Waals surface area (Å²) in [7, 11) is -1.47. The summed E-state index contributed by atoms with van der Waals surface area (Å²) in [6, 6.07) is 9.48. The minimum atomic E-state index is -1.47. The Morgan fingerprint density at radius 3 is 2.37 bits per heavy atom. The molecule has 4 heteroatoms. The van der Waals surface area contributed by atoms with Gasteiger partial charge in [0.15, 0.2) is 0 Å². The lowest BCUT2D eigenvalue weighted by atomic mass is 9.94. The molecule has 0 saturated heterocycles. The van der Waals surface area contributed by atoms with Crippen molar-refractivity contribution in [1.82, 2.24) is 0 Å². The summed E-state index contributed by atoms with van der Waals surface area (Å²) < 4.78 is 11.4. The van der Waals surface area contributed by atoms with E-state index in [0.29, 0.717) is 11.8 Å². The largest absolute Gasteiger partial charge is 0.397 e. The third kappa shape index (κ3) is 5.65. The van der Waals surface area contributed by atoms with Gasteiger partial charge < -0.3 is 8.85 Å². The van der Waals surface area contributed by atoms with E-state index < -0.39 is 9.28 Å². The van der Waals surface area contributed by atoms with E-state index in [9.17, 15) is 0 Å². The number of hydrogen-bond acceptors (Lipinski definition) is 2. The highest BCUT2D eigenvalue weighted by atomic mass is 35.5. The summed E-state index contributed by atoms with van der Waals surface area (Å²) >= 11 is 6.00. The molecule has 1 rings (SSSR count). The molecule has 0 radical (unpaired) electrons. The number of halogens is 1. The Labute approximate surface area is 123 Å². The first kappa shape index (κ1) is 16.7. The molecule has 0 amide bonds. The zero-order valence-corrected chi connectivity index (χ0v) is 14.1. The SMILES string of the molecule is CCO[SiH](CCC(C)c1ccccc1CCl)OCC. The Bertz CT molecular complexity index is 354. The second-order valence-corrected chi connectivity index (χ2v) is 7.02. The standard InChI is InChI=1S/C15H25ClO2Si/c1-4-17-19(18-5-2)11-10-13(3)15-9-7-6-8-14(15)12-16/h6-9,13,19H,4-5,10-12H2,1-3H3. The van der Waals surface area contributed by atoms with Gasteiger partial charge in [-0.2, -0.15) is 0 Å². The van der Waals surface area contributed by atoms with E-state index in [1.54, 1.807) is 0 Å². The third-order valence-electron chi connectivity index (χ3n) is 3.27. The Hall–Kier alpha value is -0.353. The molecule has 0 aromatic heterocycles. The molecule has 1 atom stereocenters. The molecular formula is C15H25ClO2Si. The van der Waals surface area contributed by atoms with Gasteiger partial charge in [-0.1, -0.05) is 31.2 Å². The van der Waals surface area contributed by atoms with Crippen LogP contribution in [0.15, 0.2) is 24.3 Å². The van der Waals surface area contributed by atoms with Crippen molar-refractivity contribution in [3.8, 4) is 0 Å². The van der Waals surface area contributed by atoms with E-state index in [1.807, 2.05) is 19.9 Å². The molecule has 0 bridgehead atoms. The highest BCUT2D eigenvalue weighted by Gasteiger charge is 2.16. The first-order valence-corrected chi connectivity index (χ1v) is 9.39. The molecule has 0 aliphatic carbocycles. The van der Waals surface area contributed by atoms with Crippen LogP contribution in [0.1, 0.15) is 44.2 Å². The van der Waals surface area contributed by atoms with Crippen LogP contribution in [0.5, 0.6) is 0 Å². The molecule has 0 aliphatic rings. The van der Waals surface area contributed by atoms with E-state index in [1.165, 1.54) is 11.1 Å². The fourth-order valence-corrected chi connectivity index (χ4v) is 4.45. The lowest BCUT2D eigenvalue weighted by molar-refractivity contribution is 0.212. The molecule has 108 valence electrons. The van der Waals surface area contributed by atoms with Crippen molar-refractivity contribution < 1.29 is 8.85 Å². The Morgan fingerprint density at radius 1 is 1.16 bits per heavy atom. The average Bonchev–Trinajstić information content (AvgIpc) is 2.44. The molecule has 1 aromatic rings. The summed E-state index contributed by atoms with van der Waals surface area (Å²) in [5.41, 5.74) is 2.60. The van der Waals surface area contributed by atoms with Crippen molar-refractivity contribution >= 4 is 20.9 Å². The van der Waals surface area contributed by atoms with Gasteiger partial charge >= 0.3 is 9.28 Å². The van der Waals surface area contributed by atoms with Gasteiger partial charge in [-0.05, 0) is 43.4 Å². The highest BCUT2D eigenvalue weighted by molar-refractivity contribution is 6.44. The summed E-state index contributed by atoms with van der Waals surface area (Å²) in [6.45, 7) is 7.83. The first-order chi connectivity index (χ1) is 9.22. The normalized spacial score (nSPS) is 12.9. The molecule has 1 unspecified atom stereocenters. The smallest absolute Gasteiger partial charge is 0.321 e. The predicted octanol–water partition coefficient (Wildman–Crippen LogP) is 4.21. The van der Waals surface area contributed by atoms with Crippen LogP contribution in [0.2, 0.25) is 6.04 Å². The predicted molar refractivity (Wildman–Crippen MR) is 84.2 cm³/mol. The van der Waals surface area contributed by atoms with Crippen LogP contribution in [0.25, 0.3) is 0 Å². The van der Waals surface area contributed by atoms with Crippen molar-refractivity contribution in [3.63, 3.8) is 0 Å². The zero-order chi connectivity index (χ0) is 14.1. The van der Waals surface area contributed by atoms with E-state index in [4.69, 9.17) is 20.5 Å². The fraction of sp³-hybridized carbons (Fsp3) is 0.600. The maximum atomic E-state index is 6.00. The van der Waals surface area contributed by atoms with Crippen molar-refractivity contribution in [2.24, 2.45) is 0 Å². The van der Waals surface area contributed by atoms with Crippen LogP contribution in [0.3, 0.4) is 0 Å². The number of hydrogen-bond donors (Lipinski definition) is 0. The number of alkyl halides is 1. The molecule has 0 heterocycles. The van der Waals surface area contributed by atoms with Gasteiger partial charge in [0.1, 0.15) is 0 Å². The van der Waals surface area contributed by atoms with Gasteiger partial charge in [-0.3, -0.25) is 0 Å². The molecule has 0 spiro atoms. The minimum Gasteiger partial charge on any atom is -0.397 e. The summed E-state index contributed by atoms with van der Waals surface area (Å²) in [5, 5.41) is 0. The molecule has 0 saturated carbocycles. The maximum absolute atomic E-state index is 6.00. The van der Waals surface area contributed by atoms with Gasteiger partial charge in [0.25, 0.3) is 0 Å². The monoisotopic (exact) mass is 300 g/mol. The van der Waals surface area contributed by atoms with Gasteiger partial charge in [-0.15, -0.1) is 11.6 Å². The quantitative estimate of drug-likeness (QED) is 0.502. The molecule has 0 N–H and O–H groups in total. The van der Waals surface area contributed by atoms with Gasteiger partial charge in [-0.25, -0.2) is 0 Å². The van der Waals surface area contributed by atoms with E-state index >= 15 is 0 Å². The van der Waals surface area contributed by atoms with Crippen molar-refractivity contribution in [3.05, 3.63) is 35.4 Å². The minimum absolute atomic E-state index is 0.505. The molecule has 0 fully saturated rings. The van der Waals surface area contributed by atoms with Crippen LogP contribution in [-0.2, 0) is 14.7 Å². The van der Waals surface area contributed by atoms with Crippen LogP contribution in [0.4, 0.5) is 0 Å². The summed E-state index contributed by atoms with van der Waals surface area (Å²) in [6.07, 6.45) is 1.10. The van der Waals surface area contributed by atoms with E-state index in [2.05, 4.69) is 25.1 Å². The molecule has 0 aliphatic heterocycles. The molecule has 2 nitrogen and oxygen atoms in total. The third-order valence-corrected chi connectivity index (χ3v) is 5.77. The van der Waals surface area contributed by atoms with Gasteiger partial charge in [0.2, 0.25) is 0 Å². The lowest BCUT2D eigenvalue weighted by Gasteiger charge is -2.19. The Balaban J connectivity index is 2.55. The number of rotatable bonds is 9. The van der Waals surface area contributed by atoms with Gasteiger partial charge in [0, 0.05) is 19.1 Å². The fourth-order valence-electron chi connectivity index (χ4n) is 2.26. The van der Waals surface area contributed by atoms with Gasteiger partial charge in [0.05, 0.1) is 0 Å². The van der Waals surface area contributed by atoms with Crippen molar-refractivity contribution in [2.45, 2.75) is 45.0 Å². The van der Waals surface area contributed by atoms with Crippen LogP contribution >= 0.6 is 11.6 Å².